The van der Waals surface area contributed by atoms with Crippen molar-refractivity contribution in [3.05, 3.63) is 34.2 Å². The highest BCUT2D eigenvalue weighted by molar-refractivity contribution is 5.75. The van der Waals surface area contributed by atoms with Crippen molar-refractivity contribution in [3.63, 3.8) is 0 Å². The second kappa shape index (κ2) is 3.34. The molecule has 1 rings (SSSR count). The zero-order valence-electron chi connectivity index (χ0n) is 7.20. The van der Waals surface area contributed by atoms with Gasteiger partial charge in [-0.2, -0.15) is 0 Å². The fourth-order valence-corrected chi connectivity index (χ4v) is 1.05. The summed E-state index contributed by atoms with van der Waals surface area (Å²) in [6, 6.07) is 4.95. The number of pyridine rings is 1. The number of hydrogen-bond donors (Lipinski definition) is 0. The van der Waals surface area contributed by atoms with Gasteiger partial charge in [-0.1, -0.05) is 6.07 Å². The summed E-state index contributed by atoms with van der Waals surface area (Å²) in [4.78, 5) is 21.9. The first-order valence-electron chi connectivity index (χ1n) is 3.77. The molecule has 0 aliphatic carbocycles. The van der Waals surface area contributed by atoms with E-state index in [9.17, 15) is 9.59 Å². The summed E-state index contributed by atoms with van der Waals surface area (Å²) in [5.74, 6) is -0.00796. The van der Waals surface area contributed by atoms with Crippen LogP contribution in [-0.4, -0.2) is 10.4 Å². The van der Waals surface area contributed by atoms with E-state index in [0.29, 0.717) is 0 Å². The number of carbonyl (C=O) groups is 1. The number of hydrogen-bond acceptors (Lipinski definition) is 2. The molecule has 0 atom stereocenters. The van der Waals surface area contributed by atoms with E-state index in [1.807, 2.05) is 13.0 Å². The van der Waals surface area contributed by atoms with E-state index in [-0.39, 0.29) is 17.9 Å². The molecule has 3 nitrogen and oxygen atoms in total. The van der Waals surface area contributed by atoms with Crippen LogP contribution in [0.25, 0.3) is 0 Å². The Hall–Kier alpha value is -1.38. The minimum atomic E-state index is -0.120. The number of carbonyl (C=O) groups excluding carboxylic acids is 1. The maximum Gasteiger partial charge on any atom is 0.251 e. The van der Waals surface area contributed by atoms with Crippen LogP contribution in [0.5, 0.6) is 0 Å². The lowest BCUT2D eigenvalue weighted by Gasteiger charge is -2.05. The third-order valence-electron chi connectivity index (χ3n) is 1.65. The van der Waals surface area contributed by atoms with Gasteiger partial charge in [0.1, 0.15) is 5.78 Å². The number of aryl methyl sites for hydroxylation is 1. The van der Waals surface area contributed by atoms with Crippen LogP contribution in [0.15, 0.2) is 23.0 Å². The number of aromatic nitrogens is 1. The molecule has 0 spiro atoms. The van der Waals surface area contributed by atoms with Gasteiger partial charge in [-0.05, 0) is 19.9 Å². The van der Waals surface area contributed by atoms with Crippen LogP contribution in [-0.2, 0) is 11.3 Å². The predicted molar refractivity (Wildman–Crippen MR) is 46.1 cm³/mol. The highest BCUT2D eigenvalue weighted by Gasteiger charge is 2.00. The highest BCUT2D eigenvalue weighted by atomic mass is 16.1. The first-order chi connectivity index (χ1) is 5.61. The lowest BCUT2D eigenvalue weighted by molar-refractivity contribution is -0.117. The summed E-state index contributed by atoms with van der Waals surface area (Å²) >= 11 is 0. The summed E-state index contributed by atoms with van der Waals surface area (Å²) in [6.07, 6.45) is 0. The molecule has 1 aromatic heterocycles. The van der Waals surface area contributed by atoms with E-state index < -0.39 is 0 Å². The monoisotopic (exact) mass is 165 g/mol. The Balaban J connectivity index is 3.13. The van der Waals surface area contributed by atoms with Gasteiger partial charge in [0.25, 0.3) is 5.56 Å². The molecule has 1 heterocycles. The third-order valence-corrected chi connectivity index (χ3v) is 1.65. The van der Waals surface area contributed by atoms with Crippen LogP contribution in [0, 0.1) is 6.92 Å². The second-order valence-corrected chi connectivity index (χ2v) is 2.79. The third kappa shape index (κ3) is 1.81. The molecule has 64 valence electrons. The van der Waals surface area contributed by atoms with Crippen molar-refractivity contribution in [2.75, 3.05) is 0 Å². The van der Waals surface area contributed by atoms with Gasteiger partial charge in [0.05, 0.1) is 6.54 Å². The van der Waals surface area contributed by atoms with Gasteiger partial charge in [0, 0.05) is 11.8 Å². The van der Waals surface area contributed by atoms with E-state index in [1.54, 1.807) is 6.07 Å². The zero-order chi connectivity index (χ0) is 9.14. The maximum atomic E-state index is 11.2. The molecule has 0 N–H and O–H groups in total. The summed E-state index contributed by atoms with van der Waals surface area (Å²) in [7, 11) is 0. The Bertz CT molecular complexity index is 352. The molecular formula is C9H11NO2. The molecule has 0 aliphatic rings. The average Bonchev–Trinajstić information content (AvgIpc) is 1.97. The molecule has 0 fully saturated rings. The zero-order valence-corrected chi connectivity index (χ0v) is 7.20. The van der Waals surface area contributed by atoms with Gasteiger partial charge in [-0.3, -0.25) is 9.59 Å². The lowest BCUT2D eigenvalue weighted by atomic mass is 10.3. The van der Waals surface area contributed by atoms with Crippen LogP contribution < -0.4 is 5.56 Å². The molecule has 0 bridgehead atoms. The van der Waals surface area contributed by atoms with Crippen LogP contribution in [0.4, 0.5) is 0 Å². The topological polar surface area (TPSA) is 39.1 Å². The van der Waals surface area contributed by atoms with Crippen LogP contribution in [0.3, 0.4) is 0 Å². The van der Waals surface area contributed by atoms with Crippen LogP contribution >= 0.6 is 0 Å². The average molecular weight is 165 g/mol. The molecule has 0 unspecified atom stereocenters. The Morgan fingerprint density at radius 3 is 2.67 bits per heavy atom. The summed E-state index contributed by atoms with van der Waals surface area (Å²) in [5.41, 5.74) is 0.697. The predicted octanol–water partition coefficient (Wildman–Crippen LogP) is 0.746. The van der Waals surface area contributed by atoms with E-state index >= 15 is 0 Å². The minimum absolute atomic E-state index is 0.00796. The fraction of sp³-hybridized carbons (Fsp3) is 0.333. The Kier molecular flexibility index (Phi) is 2.43. The van der Waals surface area contributed by atoms with Crippen molar-refractivity contribution in [2.24, 2.45) is 0 Å². The van der Waals surface area contributed by atoms with E-state index in [0.717, 1.165) is 5.69 Å². The van der Waals surface area contributed by atoms with Crippen molar-refractivity contribution in [2.45, 2.75) is 20.4 Å². The van der Waals surface area contributed by atoms with Gasteiger partial charge in [0.15, 0.2) is 0 Å². The molecule has 0 radical (unpaired) electrons. The standard InChI is InChI=1S/C9H11NO2/c1-7-4-3-5-9(12)10(7)6-8(2)11/h3-5H,6H2,1-2H3. The largest absolute Gasteiger partial charge is 0.306 e. The molecule has 0 saturated carbocycles. The normalized spacial score (nSPS) is 9.83. The fourth-order valence-electron chi connectivity index (χ4n) is 1.05. The molecule has 1 aromatic rings. The molecule has 0 aromatic carbocycles. The van der Waals surface area contributed by atoms with Gasteiger partial charge >= 0.3 is 0 Å². The van der Waals surface area contributed by atoms with Crippen LogP contribution in [0.1, 0.15) is 12.6 Å². The number of rotatable bonds is 2. The lowest BCUT2D eigenvalue weighted by Crippen LogP contribution is -2.23. The molecule has 0 saturated heterocycles. The highest BCUT2D eigenvalue weighted by Crippen LogP contribution is 1.92. The smallest absolute Gasteiger partial charge is 0.251 e. The maximum absolute atomic E-state index is 11.2. The minimum Gasteiger partial charge on any atom is -0.306 e. The summed E-state index contributed by atoms with van der Waals surface area (Å²) < 4.78 is 1.46. The molecule has 0 amide bonds. The number of nitrogens with zero attached hydrogens (tertiary/aromatic N) is 1. The van der Waals surface area contributed by atoms with E-state index in [2.05, 4.69) is 0 Å². The van der Waals surface area contributed by atoms with Gasteiger partial charge < -0.3 is 4.57 Å². The molecular weight excluding hydrogens is 154 g/mol. The van der Waals surface area contributed by atoms with Crippen molar-refractivity contribution >= 4 is 5.78 Å². The summed E-state index contributed by atoms with van der Waals surface area (Å²) in [6.45, 7) is 3.45. The SMILES string of the molecule is CC(=O)Cn1c(C)cccc1=O. The van der Waals surface area contributed by atoms with Gasteiger partial charge in [-0.25, -0.2) is 0 Å². The first kappa shape index (κ1) is 8.71. The van der Waals surface area contributed by atoms with Crippen molar-refractivity contribution in [3.8, 4) is 0 Å². The van der Waals surface area contributed by atoms with Gasteiger partial charge in [0.2, 0.25) is 0 Å². The Labute approximate surface area is 70.6 Å². The summed E-state index contributed by atoms with van der Waals surface area (Å²) in [5, 5.41) is 0. The number of ketones is 1. The van der Waals surface area contributed by atoms with Crippen molar-refractivity contribution < 1.29 is 4.79 Å². The molecule has 12 heavy (non-hydrogen) atoms. The van der Waals surface area contributed by atoms with Crippen molar-refractivity contribution in [1.82, 2.24) is 4.57 Å². The number of Topliss-reactive ketones (excluding diaryl/α,β-unsaturated/α-hetero) is 1. The van der Waals surface area contributed by atoms with Crippen molar-refractivity contribution in [1.29, 1.82) is 0 Å². The molecule has 0 aliphatic heterocycles. The van der Waals surface area contributed by atoms with E-state index in [4.69, 9.17) is 0 Å². The Morgan fingerprint density at radius 2 is 2.17 bits per heavy atom. The van der Waals surface area contributed by atoms with Crippen LogP contribution in [0.2, 0.25) is 0 Å². The van der Waals surface area contributed by atoms with E-state index in [1.165, 1.54) is 17.6 Å². The Morgan fingerprint density at radius 1 is 1.50 bits per heavy atom. The van der Waals surface area contributed by atoms with Gasteiger partial charge in [-0.15, -0.1) is 0 Å². The second-order valence-electron chi connectivity index (χ2n) is 2.79. The quantitative estimate of drug-likeness (QED) is 0.648. The first-order valence-corrected chi connectivity index (χ1v) is 3.77. The molecule has 3 heteroatoms.